The number of aromatic nitrogens is 5. The van der Waals surface area contributed by atoms with Crippen LogP contribution in [0.25, 0.3) is 22.3 Å². The molecule has 2 aromatic carbocycles. The van der Waals surface area contributed by atoms with Crippen LogP contribution in [0.5, 0.6) is 0 Å². The van der Waals surface area contributed by atoms with Gasteiger partial charge in [-0.05, 0) is 54.9 Å². The molecule has 0 amide bonds. The minimum Gasteiger partial charge on any atom is -0.611 e. The maximum absolute atomic E-state index is 12.7. The third-order valence-corrected chi connectivity index (χ3v) is 8.10. The van der Waals surface area contributed by atoms with Gasteiger partial charge >= 0.3 is 5.69 Å². The summed E-state index contributed by atoms with van der Waals surface area (Å²) < 4.78 is 21.2. The molecule has 0 aliphatic heterocycles. The Morgan fingerprint density at radius 3 is 2.61 bits per heavy atom. The summed E-state index contributed by atoms with van der Waals surface area (Å²) in [6.07, 6.45) is 0. The predicted octanol–water partition coefficient (Wildman–Crippen LogP) is 4.17. The fourth-order valence-corrected chi connectivity index (χ4v) is 5.68. The first-order chi connectivity index (χ1) is 17.4. The lowest BCUT2D eigenvalue weighted by atomic mass is 10.2. The summed E-state index contributed by atoms with van der Waals surface area (Å²) in [7, 11) is 0. The average molecular weight is 544 g/mol. The summed E-state index contributed by atoms with van der Waals surface area (Å²) >= 11 is 6.24. The maximum atomic E-state index is 12.7. The van der Waals surface area contributed by atoms with Crippen molar-refractivity contribution in [3.05, 3.63) is 79.7 Å². The van der Waals surface area contributed by atoms with Gasteiger partial charge in [0.1, 0.15) is 17.1 Å². The van der Waals surface area contributed by atoms with Gasteiger partial charge in [-0.3, -0.25) is 14.3 Å². The van der Waals surface area contributed by atoms with Gasteiger partial charge in [-0.25, -0.2) is 14.8 Å². The SMILES string of the molecule is CCn1c(CSc2nc3cc([S+]([O-])CC)ccc3o2)nc2c1c(=O)[nH]c(=O)n2Cc1ccc(Cl)cc1. The Kier molecular flexibility index (Phi) is 6.98. The quantitative estimate of drug-likeness (QED) is 0.230. The summed E-state index contributed by atoms with van der Waals surface area (Å²) in [5.41, 5.74) is 1.74. The van der Waals surface area contributed by atoms with Gasteiger partial charge < -0.3 is 13.5 Å². The first-order valence-electron chi connectivity index (χ1n) is 11.3. The fourth-order valence-electron chi connectivity index (χ4n) is 3.97. The van der Waals surface area contributed by atoms with Crippen molar-refractivity contribution in [3.63, 3.8) is 0 Å². The van der Waals surface area contributed by atoms with E-state index in [2.05, 4.69) is 15.0 Å². The van der Waals surface area contributed by atoms with Crippen LogP contribution < -0.4 is 11.2 Å². The van der Waals surface area contributed by atoms with Crippen LogP contribution in [0.15, 0.2) is 66.6 Å². The van der Waals surface area contributed by atoms with Gasteiger partial charge in [-0.1, -0.05) is 35.5 Å². The molecule has 0 saturated carbocycles. The van der Waals surface area contributed by atoms with Crippen LogP contribution in [-0.2, 0) is 30.0 Å². The normalized spacial score (nSPS) is 12.6. The third-order valence-electron chi connectivity index (χ3n) is 5.72. The van der Waals surface area contributed by atoms with Crippen LogP contribution >= 0.6 is 23.4 Å². The predicted molar refractivity (Wildman–Crippen MR) is 141 cm³/mol. The first-order valence-corrected chi connectivity index (χ1v) is 13.9. The van der Waals surface area contributed by atoms with E-state index in [0.29, 0.717) is 61.3 Å². The largest absolute Gasteiger partial charge is 0.611 e. The summed E-state index contributed by atoms with van der Waals surface area (Å²) in [5, 5.41) is 1.04. The molecule has 3 aromatic heterocycles. The van der Waals surface area contributed by atoms with E-state index >= 15 is 0 Å². The molecule has 186 valence electrons. The highest BCUT2D eigenvalue weighted by atomic mass is 35.5. The van der Waals surface area contributed by atoms with Gasteiger partial charge in [0.15, 0.2) is 21.6 Å². The number of aryl methyl sites for hydroxylation is 1. The highest BCUT2D eigenvalue weighted by molar-refractivity contribution is 7.98. The van der Waals surface area contributed by atoms with Crippen LogP contribution in [0.2, 0.25) is 5.02 Å². The molecule has 0 fully saturated rings. The van der Waals surface area contributed by atoms with Crippen molar-refractivity contribution in [2.75, 3.05) is 5.75 Å². The van der Waals surface area contributed by atoms with Crippen molar-refractivity contribution >= 4 is 56.8 Å². The van der Waals surface area contributed by atoms with Gasteiger partial charge in [0.2, 0.25) is 0 Å². The van der Waals surface area contributed by atoms with Gasteiger partial charge in [0, 0.05) is 17.6 Å². The Morgan fingerprint density at radius 2 is 1.89 bits per heavy atom. The first kappa shape index (κ1) is 24.7. The standard InChI is InChI=1S/C24H22ClN5O4S2/c1-3-29-19(13-35-24-26-17-11-16(36(33)4-2)9-10-18(17)34-24)27-21-20(29)22(31)28-23(32)30(21)12-14-5-7-15(25)8-6-14/h5-11H,3-4,12-13H2,1-2H3,(H,28,31,32). The van der Waals surface area contributed by atoms with Crippen molar-refractivity contribution < 1.29 is 8.97 Å². The number of oxazole rings is 1. The molecule has 12 heteroatoms. The number of H-pyrrole nitrogens is 1. The Hall–Kier alpha value is -2.99. The number of benzene rings is 2. The molecule has 36 heavy (non-hydrogen) atoms. The van der Waals surface area contributed by atoms with Gasteiger partial charge in [-0.15, -0.1) is 0 Å². The summed E-state index contributed by atoms with van der Waals surface area (Å²) in [6.45, 7) is 4.51. The second kappa shape index (κ2) is 10.2. The average Bonchev–Trinajstić information content (AvgIpc) is 3.46. The summed E-state index contributed by atoms with van der Waals surface area (Å²) in [6, 6.07) is 12.5. The third kappa shape index (κ3) is 4.71. The van der Waals surface area contributed by atoms with Crippen molar-refractivity contribution in [1.82, 2.24) is 24.1 Å². The molecule has 0 aliphatic rings. The highest BCUT2D eigenvalue weighted by Gasteiger charge is 2.19. The topological polar surface area (TPSA) is 122 Å². The van der Waals surface area contributed by atoms with Gasteiger partial charge in [0.05, 0.1) is 12.3 Å². The van der Waals surface area contributed by atoms with Crippen LogP contribution in [-0.4, -0.2) is 34.4 Å². The van der Waals surface area contributed by atoms with Crippen LogP contribution in [0, 0.1) is 0 Å². The van der Waals surface area contributed by atoms with E-state index in [0.717, 1.165) is 5.56 Å². The van der Waals surface area contributed by atoms with Crippen molar-refractivity contribution in [1.29, 1.82) is 0 Å². The molecule has 9 nitrogen and oxygen atoms in total. The van der Waals surface area contributed by atoms with Gasteiger partial charge in [0.25, 0.3) is 10.8 Å². The van der Waals surface area contributed by atoms with Crippen molar-refractivity contribution in [2.45, 2.75) is 42.8 Å². The molecule has 5 aromatic rings. The lowest BCUT2D eigenvalue weighted by molar-refractivity contribution is 0.489. The van der Waals surface area contributed by atoms with E-state index in [1.54, 1.807) is 34.9 Å². The molecule has 0 saturated heterocycles. The fraction of sp³-hybridized carbons (Fsp3) is 0.250. The van der Waals surface area contributed by atoms with Crippen LogP contribution in [0.4, 0.5) is 0 Å². The van der Waals surface area contributed by atoms with E-state index in [1.165, 1.54) is 16.3 Å². The zero-order chi connectivity index (χ0) is 25.4. The Balaban J connectivity index is 1.48. The molecule has 1 atom stereocenters. The van der Waals surface area contributed by atoms with E-state index < -0.39 is 22.4 Å². The van der Waals surface area contributed by atoms with Gasteiger partial charge in [-0.2, -0.15) is 0 Å². The van der Waals surface area contributed by atoms with Crippen molar-refractivity contribution in [3.8, 4) is 0 Å². The van der Waals surface area contributed by atoms with E-state index in [4.69, 9.17) is 16.0 Å². The number of imidazole rings is 1. The summed E-state index contributed by atoms with van der Waals surface area (Å²) in [5.74, 6) is 1.52. The van der Waals surface area contributed by atoms with E-state index in [1.807, 2.05) is 26.0 Å². The van der Waals surface area contributed by atoms with Crippen LogP contribution in [0.1, 0.15) is 25.2 Å². The number of aromatic amines is 1. The molecule has 0 aliphatic carbocycles. The monoisotopic (exact) mass is 543 g/mol. The lowest BCUT2D eigenvalue weighted by Crippen LogP contribution is -2.31. The number of hydrogen-bond donors (Lipinski definition) is 1. The second-order valence-corrected chi connectivity index (χ2v) is 11.1. The number of halogens is 1. The molecule has 5 rings (SSSR count). The van der Waals surface area contributed by atoms with Crippen molar-refractivity contribution in [2.24, 2.45) is 0 Å². The number of hydrogen-bond acceptors (Lipinski definition) is 7. The maximum Gasteiger partial charge on any atom is 0.330 e. The second-order valence-electron chi connectivity index (χ2n) is 7.95. The smallest absolute Gasteiger partial charge is 0.330 e. The number of thioether (sulfide) groups is 1. The number of nitrogens with zero attached hydrogens (tertiary/aromatic N) is 4. The van der Waals surface area contributed by atoms with Crippen LogP contribution in [0.3, 0.4) is 0 Å². The number of nitrogens with one attached hydrogen (secondary N) is 1. The molecular formula is C24H22ClN5O4S2. The minimum atomic E-state index is -1.08. The molecule has 3 heterocycles. The molecule has 0 bridgehead atoms. The zero-order valence-corrected chi connectivity index (χ0v) is 21.9. The zero-order valence-electron chi connectivity index (χ0n) is 19.5. The summed E-state index contributed by atoms with van der Waals surface area (Å²) in [4.78, 5) is 37.8. The minimum absolute atomic E-state index is 0.239. The Bertz CT molecular complexity index is 1670. The van der Waals surface area contributed by atoms with E-state index in [-0.39, 0.29) is 6.54 Å². The highest BCUT2D eigenvalue weighted by Crippen LogP contribution is 2.28. The molecule has 1 N–H and O–H groups in total. The lowest BCUT2D eigenvalue weighted by Gasteiger charge is -2.07. The molecular weight excluding hydrogens is 522 g/mol. The molecule has 0 radical (unpaired) electrons. The number of fused-ring (bicyclic) bond motifs is 2. The Morgan fingerprint density at radius 1 is 1.11 bits per heavy atom. The molecule has 0 spiro atoms. The van der Waals surface area contributed by atoms with E-state index in [9.17, 15) is 14.1 Å². The number of rotatable bonds is 8. The Labute approximate surface area is 217 Å². The molecule has 1 unspecified atom stereocenters.